The van der Waals surface area contributed by atoms with Crippen LogP contribution in [-0.4, -0.2) is 23.7 Å². The first kappa shape index (κ1) is 55.6. The van der Waals surface area contributed by atoms with Crippen molar-refractivity contribution >= 4 is 45.3 Å². The van der Waals surface area contributed by atoms with Crippen LogP contribution in [0, 0.1) is 106 Å². The molecule has 1 aliphatic heterocycles. The molecule has 0 saturated heterocycles. The second kappa shape index (κ2) is 26.9. The van der Waals surface area contributed by atoms with Crippen LogP contribution >= 0.6 is 14.3 Å². The molecular weight excluding hydrogens is 1040 g/mol. The summed E-state index contributed by atoms with van der Waals surface area (Å²) in [4.78, 5) is 25.1. The van der Waals surface area contributed by atoms with Gasteiger partial charge in [0.1, 0.15) is 14.3 Å². The fraction of sp³-hybridized carbons (Fsp3) is 0.0952. The van der Waals surface area contributed by atoms with Crippen LogP contribution in [0.15, 0.2) is 168 Å². The van der Waals surface area contributed by atoms with Gasteiger partial charge in [-0.25, -0.2) is 8.42 Å². The fourth-order valence-electron chi connectivity index (χ4n) is 6.40. The van der Waals surface area contributed by atoms with E-state index in [9.17, 15) is 8.42 Å². The van der Waals surface area contributed by atoms with Crippen LogP contribution in [0.4, 0.5) is 0 Å². The second-order valence-electron chi connectivity index (χ2n) is 12.3. The Balaban J connectivity index is 0.000000928. The third kappa shape index (κ3) is 15.4. The van der Waals surface area contributed by atoms with E-state index in [-0.39, 0.29) is 59.4 Å². The number of benzene rings is 6. The van der Waals surface area contributed by atoms with E-state index in [0.717, 1.165) is 0 Å². The number of nitriles is 2. The fourth-order valence-corrected chi connectivity index (χ4v) is 14.1. The van der Waals surface area contributed by atoms with Gasteiger partial charge < -0.3 is 55.1 Å². The zero-order chi connectivity index (χ0) is 47.2. The third-order valence-electron chi connectivity index (χ3n) is 8.50. The molecule has 1 aliphatic rings. The van der Waals surface area contributed by atoms with Crippen LogP contribution in [-0.2, 0) is 31.3 Å². The van der Waals surface area contributed by atoms with Crippen molar-refractivity contribution in [3.63, 3.8) is 0 Å². The number of rotatable bonds is 8. The Morgan fingerprint density at radius 1 is 0.453 bits per heavy atom. The van der Waals surface area contributed by atoms with Crippen molar-refractivity contribution in [2.75, 3.05) is 0 Å². The molecule has 6 aromatic carbocycles. The molecule has 1 heterocycles. The molecule has 0 aromatic heterocycles. The minimum Gasteiger partial charge on any atom is -0.356 e. The van der Waals surface area contributed by atoms with Gasteiger partial charge in [0.05, 0.1) is 37.2 Å². The van der Waals surface area contributed by atoms with Gasteiger partial charge in [-0.1, -0.05) is 158 Å². The SMILES string of the molecule is CC#N.CC#N.O=P(Cc1cccc2c1S(=O)(=O)c1c(CP(=O)(c3ccccc3)c3ccccc3)cccc1-2)(c1ccccc1)c1ccccc1.O=[N+]([O-])[O-].O=[N+]([O-])[O-].O=[N+]([O-])[O-].[Er+3]. The van der Waals surface area contributed by atoms with Crippen molar-refractivity contribution in [1.82, 2.24) is 0 Å². The van der Waals surface area contributed by atoms with Crippen molar-refractivity contribution in [2.45, 2.75) is 36.0 Å². The van der Waals surface area contributed by atoms with Gasteiger partial charge in [-0.05, 0) is 11.1 Å². The Morgan fingerprint density at radius 2 is 0.656 bits per heavy atom. The molecule has 1 radical (unpaired) electrons. The summed E-state index contributed by atoms with van der Waals surface area (Å²) >= 11 is 0. The van der Waals surface area contributed by atoms with Crippen molar-refractivity contribution in [1.29, 1.82) is 10.5 Å². The molecule has 0 N–H and O–H groups in total. The molecule has 0 spiro atoms. The number of hydrogen-bond acceptors (Lipinski definition) is 15. The summed E-state index contributed by atoms with van der Waals surface area (Å²) in [6, 6.07) is 51.5. The standard InChI is InChI=1S/C38H30O4P2S.2C2H3N.Er.3NO3/c39-43(31-17-5-1-6-18-31,32-19-7-2-8-20-32)27-29-15-13-25-35-36-26-14-16-30(38(36)45(41,42)37(29)35)28-44(40,33-21-9-3-10-22-33)34-23-11-4-12-24-34;2*1-2-3;;3*2-1(3)4/h1-26H,27-28H2;2*1H3;;;;/q;;;+3;3*-1. The molecule has 7 rings (SSSR count). The van der Waals surface area contributed by atoms with Crippen LogP contribution in [0.5, 0.6) is 0 Å². The van der Waals surface area contributed by atoms with Crippen molar-refractivity contribution in [3.05, 3.63) is 215 Å². The predicted molar refractivity (Wildman–Crippen MR) is 238 cm³/mol. The van der Waals surface area contributed by atoms with Gasteiger partial charge in [0.25, 0.3) is 0 Å². The predicted octanol–water partition coefficient (Wildman–Crippen LogP) is 7.87. The van der Waals surface area contributed by atoms with E-state index in [0.29, 0.717) is 43.5 Å². The van der Waals surface area contributed by atoms with Crippen LogP contribution in [0.1, 0.15) is 25.0 Å². The maximum Gasteiger partial charge on any atom is 3.00 e. The van der Waals surface area contributed by atoms with Crippen LogP contribution in [0.2, 0.25) is 0 Å². The first-order chi connectivity index (χ1) is 29.8. The van der Waals surface area contributed by atoms with E-state index < -0.39 is 39.4 Å². The molecule has 0 amide bonds. The zero-order valence-corrected chi connectivity index (χ0v) is 38.0. The first-order valence-electron chi connectivity index (χ1n) is 17.8. The summed E-state index contributed by atoms with van der Waals surface area (Å²) in [6.45, 7) is 2.86. The van der Waals surface area contributed by atoms with E-state index in [2.05, 4.69) is 0 Å². The molecule has 22 heteroatoms. The molecule has 0 unspecified atom stereocenters. The van der Waals surface area contributed by atoms with E-state index in [1.54, 1.807) is 24.3 Å². The zero-order valence-electron chi connectivity index (χ0n) is 33.6. The van der Waals surface area contributed by atoms with Gasteiger partial charge in [0.15, 0.2) is 0 Å². The normalized spacial score (nSPS) is 10.9. The summed E-state index contributed by atoms with van der Waals surface area (Å²) in [5.41, 5.74) is 2.21. The average molecular weight is 1080 g/mol. The van der Waals surface area contributed by atoms with E-state index in [1.807, 2.05) is 146 Å². The van der Waals surface area contributed by atoms with Crippen molar-refractivity contribution in [3.8, 4) is 23.3 Å². The molecule has 335 valence electrons. The number of fused-ring (bicyclic) bond motifs is 3. The Labute approximate surface area is 397 Å². The Bertz CT molecular complexity index is 2490. The van der Waals surface area contributed by atoms with Gasteiger partial charge in [0.2, 0.25) is 9.84 Å². The first-order valence-corrected chi connectivity index (χ1v) is 23.1. The Morgan fingerprint density at radius 3 is 0.859 bits per heavy atom. The quantitative estimate of drug-likeness (QED) is 0.0794. The van der Waals surface area contributed by atoms with Crippen LogP contribution in [0.3, 0.4) is 0 Å². The van der Waals surface area contributed by atoms with Gasteiger partial charge in [-0.3, -0.25) is 0 Å². The summed E-state index contributed by atoms with van der Waals surface area (Å²) < 4.78 is 59.3. The van der Waals surface area contributed by atoms with Crippen molar-refractivity contribution in [2.24, 2.45) is 0 Å². The number of nitrogens with zero attached hydrogens (tertiary/aromatic N) is 5. The molecular formula is C42H36ErN5O13P2S. The molecule has 18 nitrogen and oxygen atoms in total. The molecule has 0 aliphatic carbocycles. The molecule has 0 atom stereocenters. The molecule has 0 fully saturated rings. The molecule has 6 aromatic rings. The third-order valence-corrected chi connectivity index (χ3v) is 16.6. The smallest absolute Gasteiger partial charge is 0.356 e. The maximum absolute atomic E-state index is 15.0. The minimum atomic E-state index is -4.04. The number of sulfone groups is 1. The summed E-state index contributed by atoms with van der Waals surface area (Å²) in [7, 11) is -10.6. The molecule has 0 saturated carbocycles. The van der Waals surface area contributed by atoms with Crippen LogP contribution in [0.25, 0.3) is 11.1 Å². The van der Waals surface area contributed by atoms with Crippen LogP contribution < -0.4 is 21.2 Å². The van der Waals surface area contributed by atoms with E-state index in [1.165, 1.54) is 13.8 Å². The molecule has 0 bridgehead atoms. The largest absolute Gasteiger partial charge is 3.00 e. The maximum atomic E-state index is 15.0. The number of hydrogen-bond donors (Lipinski definition) is 0. The van der Waals surface area contributed by atoms with E-state index in [4.69, 9.17) is 56.5 Å². The minimum absolute atomic E-state index is 0. The monoisotopic (exact) mass is 1080 g/mol. The average Bonchev–Trinajstić information content (AvgIpc) is 3.49. The second-order valence-corrected chi connectivity index (χ2v) is 19.8. The summed E-state index contributed by atoms with van der Waals surface area (Å²) in [5, 5.41) is 61.6. The van der Waals surface area contributed by atoms with Gasteiger partial charge >= 0.3 is 37.3 Å². The Hall–Kier alpha value is -6.44. The van der Waals surface area contributed by atoms with Gasteiger partial charge in [0, 0.05) is 58.5 Å². The topological polar surface area (TPSA) is 314 Å². The van der Waals surface area contributed by atoms with Gasteiger partial charge in [-0.2, -0.15) is 10.5 Å². The summed E-state index contributed by atoms with van der Waals surface area (Å²) in [5.74, 6) is 0. The summed E-state index contributed by atoms with van der Waals surface area (Å²) in [6.07, 6.45) is 0.110. The van der Waals surface area contributed by atoms with Gasteiger partial charge in [-0.15, -0.1) is 0 Å². The van der Waals surface area contributed by atoms with E-state index >= 15 is 9.13 Å². The van der Waals surface area contributed by atoms with Crippen molar-refractivity contribution < 1.29 is 70.1 Å². The molecule has 64 heavy (non-hydrogen) atoms. The Kier molecular flexibility index (Phi) is 23.4.